The first-order valence-corrected chi connectivity index (χ1v) is 11.9. The van der Waals surface area contributed by atoms with E-state index in [1.54, 1.807) is 14.2 Å². The van der Waals surface area contributed by atoms with Crippen LogP contribution in [0.2, 0.25) is 0 Å². The molecule has 31 heavy (non-hydrogen) atoms. The minimum Gasteiger partial charge on any atom is -0.493 e. The van der Waals surface area contributed by atoms with Gasteiger partial charge in [0.1, 0.15) is 11.7 Å². The highest BCUT2D eigenvalue weighted by Crippen LogP contribution is 2.75. The summed E-state index contributed by atoms with van der Waals surface area (Å²) in [5.41, 5.74) is 1.08. The number of rotatable bonds is 5. The lowest BCUT2D eigenvalue weighted by molar-refractivity contribution is -0.247. The van der Waals surface area contributed by atoms with E-state index in [1.807, 2.05) is 6.92 Å². The fraction of sp³-hybridized carbons (Fsp3) is 0.692. The molecule has 7 atom stereocenters. The minimum absolute atomic E-state index is 0.0241. The first-order chi connectivity index (χ1) is 14.8. The lowest BCUT2D eigenvalue weighted by Gasteiger charge is -2.72. The van der Waals surface area contributed by atoms with Gasteiger partial charge in [-0.25, -0.2) is 0 Å². The molecule has 4 aliphatic carbocycles. The molecule has 1 unspecified atom stereocenters. The Kier molecular flexibility index (Phi) is 3.93. The van der Waals surface area contributed by atoms with Gasteiger partial charge in [0.05, 0.1) is 18.1 Å². The van der Waals surface area contributed by atoms with Gasteiger partial charge in [-0.15, -0.1) is 0 Å². The number of likely N-dealkylation sites (N-methyl/N-ethyl adjacent to an activating group) is 1. The fourth-order valence-corrected chi connectivity index (χ4v) is 8.59. The number of likely N-dealkylation sites (tertiary alicyclic amines) is 1. The Hall–Kier alpha value is -1.56. The Balaban J connectivity index is 1.66. The highest BCUT2D eigenvalue weighted by atomic mass is 16.6. The van der Waals surface area contributed by atoms with Crippen LogP contribution in [-0.4, -0.2) is 61.2 Å². The van der Waals surface area contributed by atoms with E-state index in [0.717, 1.165) is 50.1 Å². The van der Waals surface area contributed by atoms with E-state index in [0.29, 0.717) is 6.04 Å². The summed E-state index contributed by atoms with van der Waals surface area (Å²) < 4.78 is 19.1. The molecule has 1 aromatic rings. The van der Waals surface area contributed by atoms with Gasteiger partial charge in [-0.05, 0) is 57.8 Å². The van der Waals surface area contributed by atoms with Crippen molar-refractivity contribution in [1.82, 2.24) is 4.90 Å². The standard InChI is InChI=1S/C26H35NO4/c1-6-9-23(2,28)18-15-24-10-11-26(18,30-5)22-25(24)12-13-27(3)19(24)14-16-7-8-17(29-4)21(31-22)20(16)25/h7-8,10-11,18-19,22,28H,6,9,12-15H2,1-5H3/t18-,19-,22-,23?,24-,25+,26-/m1/s1. The van der Waals surface area contributed by atoms with Gasteiger partial charge in [0.25, 0.3) is 0 Å². The van der Waals surface area contributed by atoms with Gasteiger partial charge in [-0.3, -0.25) is 0 Å². The molecule has 7 rings (SSSR count). The normalized spacial score (nSPS) is 43.4. The van der Waals surface area contributed by atoms with Crippen LogP contribution in [0.3, 0.4) is 0 Å². The topological polar surface area (TPSA) is 51.2 Å². The Morgan fingerprint density at radius 2 is 2.10 bits per heavy atom. The van der Waals surface area contributed by atoms with Gasteiger partial charge in [-0.2, -0.15) is 0 Å². The van der Waals surface area contributed by atoms with Crippen LogP contribution in [0.15, 0.2) is 24.3 Å². The molecule has 2 aliphatic heterocycles. The summed E-state index contributed by atoms with van der Waals surface area (Å²) in [5.74, 6) is 1.71. The predicted molar refractivity (Wildman–Crippen MR) is 119 cm³/mol. The van der Waals surface area contributed by atoms with Gasteiger partial charge in [-0.1, -0.05) is 31.6 Å². The van der Waals surface area contributed by atoms with Crippen molar-refractivity contribution >= 4 is 0 Å². The van der Waals surface area contributed by atoms with Crippen molar-refractivity contribution in [3.05, 3.63) is 35.4 Å². The van der Waals surface area contributed by atoms with Gasteiger partial charge in [0.15, 0.2) is 11.5 Å². The molecule has 0 radical (unpaired) electrons. The molecule has 2 spiro atoms. The number of aliphatic hydroxyl groups is 1. The Labute approximate surface area is 185 Å². The molecular weight excluding hydrogens is 390 g/mol. The van der Waals surface area contributed by atoms with Crippen LogP contribution >= 0.6 is 0 Å². The molecule has 1 aromatic carbocycles. The van der Waals surface area contributed by atoms with E-state index in [4.69, 9.17) is 14.2 Å². The van der Waals surface area contributed by atoms with Gasteiger partial charge in [0.2, 0.25) is 0 Å². The Morgan fingerprint density at radius 3 is 2.81 bits per heavy atom. The Bertz CT molecular complexity index is 972. The molecular formula is C26H35NO4. The van der Waals surface area contributed by atoms with Crippen LogP contribution < -0.4 is 9.47 Å². The van der Waals surface area contributed by atoms with Crippen LogP contribution in [0.1, 0.15) is 50.7 Å². The second-order valence-corrected chi connectivity index (χ2v) is 10.8. The summed E-state index contributed by atoms with van der Waals surface area (Å²) in [6.45, 7) is 5.20. The second kappa shape index (κ2) is 6.06. The summed E-state index contributed by atoms with van der Waals surface area (Å²) in [4.78, 5) is 2.55. The molecule has 5 heteroatoms. The van der Waals surface area contributed by atoms with E-state index in [1.165, 1.54) is 11.1 Å². The third kappa shape index (κ3) is 2.01. The maximum atomic E-state index is 11.7. The maximum Gasteiger partial charge on any atom is 0.166 e. The summed E-state index contributed by atoms with van der Waals surface area (Å²) >= 11 is 0. The van der Waals surface area contributed by atoms with Crippen molar-refractivity contribution in [2.45, 2.75) is 74.7 Å². The molecule has 1 saturated carbocycles. The minimum atomic E-state index is -0.820. The third-order valence-electron chi connectivity index (χ3n) is 9.78. The quantitative estimate of drug-likeness (QED) is 0.732. The van der Waals surface area contributed by atoms with E-state index >= 15 is 0 Å². The van der Waals surface area contributed by atoms with E-state index in [9.17, 15) is 5.11 Å². The molecule has 6 aliphatic rings. The van der Waals surface area contributed by atoms with E-state index < -0.39 is 11.2 Å². The molecule has 5 nitrogen and oxygen atoms in total. The van der Waals surface area contributed by atoms with E-state index in [2.05, 4.69) is 43.2 Å². The van der Waals surface area contributed by atoms with Crippen molar-refractivity contribution in [3.63, 3.8) is 0 Å². The smallest absolute Gasteiger partial charge is 0.166 e. The lowest BCUT2D eigenvalue weighted by Crippen LogP contribution is -2.80. The fourth-order valence-electron chi connectivity index (χ4n) is 8.59. The number of benzene rings is 1. The van der Waals surface area contributed by atoms with Crippen LogP contribution in [0, 0.1) is 11.3 Å². The number of hydrogen-bond acceptors (Lipinski definition) is 5. The predicted octanol–water partition coefficient (Wildman–Crippen LogP) is 3.47. The van der Waals surface area contributed by atoms with Crippen molar-refractivity contribution in [2.24, 2.45) is 11.3 Å². The number of piperidine rings is 1. The number of hydrogen-bond donors (Lipinski definition) is 1. The summed E-state index contributed by atoms with van der Waals surface area (Å²) in [6.07, 6.45) is 9.25. The van der Waals surface area contributed by atoms with Crippen molar-refractivity contribution in [2.75, 3.05) is 27.8 Å². The van der Waals surface area contributed by atoms with Gasteiger partial charge in [0, 0.05) is 30.0 Å². The SMILES string of the molecule is CCCC(C)(O)[C@H]1C[C@@]23C=C[C@]1(OC)[C@@H]1Oc4c(OC)ccc5c4[C@@]12CCN(C)[C@@H]3C5. The summed E-state index contributed by atoms with van der Waals surface area (Å²) in [5, 5.41) is 11.7. The summed E-state index contributed by atoms with van der Waals surface area (Å²) in [6, 6.07) is 4.71. The maximum absolute atomic E-state index is 11.7. The molecule has 2 fully saturated rings. The summed E-state index contributed by atoms with van der Waals surface area (Å²) in [7, 11) is 5.80. The average Bonchev–Trinajstić information content (AvgIpc) is 3.13. The number of methoxy groups -OCH3 is 2. The first-order valence-electron chi connectivity index (χ1n) is 11.9. The van der Waals surface area contributed by atoms with Crippen molar-refractivity contribution in [1.29, 1.82) is 0 Å². The first kappa shape index (κ1) is 20.1. The largest absolute Gasteiger partial charge is 0.493 e. The average molecular weight is 426 g/mol. The molecule has 1 saturated heterocycles. The van der Waals surface area contributed by atoms with Crippen LogP contribution in [0.5, 0.6) is 11.5 Å². The zero-order chi connectivity index (χ0) is 21.8. The van der Waals surface area contributed by atoms with Crippen molar-refractivity contribution in [3.8, 4) is 11.5 Å². The Morgan fingerprint density at radius 1 is 1.29 bits per heavy atom. The molecule has 168 valence electrons. The zero-order valence-corrected chi connectivity index (χ0v) is 19.4. The number of nitrogens with zero attached hydrogens (tertiary/aromatic N) is 1. The highest BCUT2D eigenvalue weighted by Gasteiger charge is 2.80. The van der Waals surface area contributed by atoms with Gasteiger partial charge < -0.3 is 24.2 Å². The molecule has 2 heterocycles. The lowest BCUT2D eigenvalue weighted by atomic mass is 9.36. The number of ether oxygens (including phenoxy) is 3. The van der Waals surface area contributed by atoms with Crippen molar-refractivity contribution < 1.29 is 19.3 Å². The third-order valence-corrected chi connectivity index (χ3v) is 9.78. The highest BCUT2D eigenvalue weighted by molar-refractivity contribution is 5.65. The molecule has 1 N–H and O–H groups in total. The van der Waals surface area contributed by atoms with Gasteiger partial charge >= 0.3 is 0 Å². The van der Waals surface area contributed by atoms with Crippen LogP contribution in [-0.2, 0) is 16.6 Å². The number of fused-ring (bicyclic) bond motifs is 1. The molecule has 0 amide bonds. The second-order valence-electron chi connectivity index (χ2n) is 10.8. The molecule has 0 aromatic heterocycles. The monoisotopic (exact) mass is 425 g/mol. The van der Waals surface area contributed by atoms with E-state index in [-0.39, 0.29) is 22.9 Å². The van der Waals surface area contributed by atoms with Crippen LogP contribution in [0.25, 0.3) is 0 Å². The van der Waals surface area contributed by atoms with Crippen LogP contribution in [0.4, 0.5) is 0 Å². The zero-order valence-electron chi connectivity index (χ0n) is 19.4. The molecule has 4 bridgehead atoms.